The largest absolute Gasteiger partial charge is 0.482 e. The smallest absolute Gasteiger partial charge is 0.276 e. The van der Waals surface area contributed by atoms with Gasteiger partial charge in [-0.3, -0.25) is 15.6 Å². The van der Waals surface area contributed by atoms with E-state index in [0.717, 1.165) is 11.1 Å². The molecule has 2 aromatic carbocycles. The van der Waals surface area contributed by atoms with Crippen LogP contribution in [0.1, 0.15) is 16.7 Å². The first-order valence-corrected chi connectivity index (χ1v) is 8.44. The number of para-hydroxylation sites is 1. The molecule has 134 valence electrons. The molecule has 2 aromatic rings. The van der Waals surface area contributed by atoms with Gasteiger partial charge in [-0.25, -0.2) is 0 Å². The summed E-state index contributed by atoms with van der Waals surface area (Å²) in [6, 6.07) is 12.4. The van der Waals surface area contributed by atoms with Gasteiger partial charge < -0.3 is 10.1 Å². The Labute approximate surface area is 162 Å². The molecule has 1 amide bonds. The van der Waals surface area contributed by atoms with Crippen LogP contribution in [0.5, 0.6) is 5.75 Å². The summed E-state index contributed by atoms with van der Waals surface area (Å²) >= 11 is 11.3. The summed E-state index contributed by atoms with van der Waals surface area (Å²) in [5, 5.41) is 12.6. The van der Waals surface area contributed by atoms with E-state index in [0.29, 0.717) is 22.0 Å². The van der Waals surface area contributed by atoms with E-state index in [9.17, 15) is 4.79 Å². The number of carbonyl (C=O) groups is 1. The molecule has 2 rings (SSSR count). The highest BCUT2D eigenvalue weighted by atomic mass is 35.5. The van der Waals surface area contributed by atoms with Crippen molar-refractivity contribution in [3.63, 3.8) is 0 Å². The molecule has 0 atom stereocenters. The number of nitrogens with zero attached hydrogens (tertiary/aromatic N) is 1. The Hall–Kier alpha value is -2.82. The third-order valence-corrected chi connectivity index (χ3v) is 3.85. The number of ether oxygens (including phenoxy) is 1. The van der Waals surface area contributed by atoms with E-state index in [1.54, 1.807) is 24.3 Å². The van der Waals surface area contributed by atoms with Crippen LogP contribution in [0, 0.1) is 25.2 Å². The number of halogens is 1. The maximum absolute atomic E-state index is 11.9. The van der Waals surface area contributed by atoms with Crippen LogP contribution in [0.15, 0.2) is 36.4 Å². The van der Waals surface area contributed by atoms with Crippen LogP contribution in [0.25, 0.3) is 0 Å². The van der Waals surface area contributed by atoms with E-state index in [4.69, 9.17) is 33.8 Å². The monoisotopic (exact) mass is 388 g/mol. The van der Waals surface area contributed by atoms with Gasteiger partial charge in [0, 0.05) is 0 Å². The van der Waals surface area contributed by atoms with Gasteiger partial charge in [0.15, 0.2) is 11.7 Å². The molecule has 0 aromatic heterocycles. The average Bonchev–Trinajstić information content (AvgIpc) is 2.61. The van der Waals surface area contributed by atoms with Gasteiger partial charge in [-0.1, -0.05) is 29.8 Å². The van der Waals surface area contributed by atoms with E-state index in [2.05, 4.69) is 16.2 Å². The van der Waals surface area contributed by atoms with Crippen molar-refractivity contribution in [1.82, 2.24) is 10.9 Å². The van der Waals surface area contributed by atoms with E-state index in [1.165, 1.54) is 0 Å². The van der Waals surface area contributed by atoms with Crippen LogP contribution in [0.4, 0.5) is 5.69 Å². The lowest BCUT2D eigenvalue weighted by Gasteiger charge is -2.15. The molecule has 8 heteroatoms. The molecule has 0 aliphatic heterocycles. The number of hydrogen-bond donors (Lipinski definition) is 3. The normalized spacial score (nSPS) is 9.77. The fraction of sp³-hybridized carbons (Fsp3) is 0.167. The van der Waals surface area contributed by atoms with Crippen LogP contribution in [-0.2, 0) is 4.79 Å². The molecule has 0 aliphatic rings. The van der Waals surface area contributed by atoms with Crippen LogP contribution in [-0.4, -0.2) is 17.6 Å². The van der Waals surface area contributed by atoms with Crippen molar-refractivity contribution in [2.45, 2.75) is 13.8 Å². The van der Waals surface area contributed by atoms with Crippen molar-refractivity contribution in [3.8, 4) is 11.8 Å². The molecule has 0 aliphatic carbocycles. The number of carbonyl (C=O) groups excluding carboxylic acids is 1. The SMILES string of the molecule is Cc1cc(C)c(NC(=S)NNC(=O)COc2ccccc2C#N)c(Cl)c1. The van der Waals surface area contributed by atoms with Crippen LogP contribution in [0.3, 0.4) is 0 Å². The quantitative estimate of drug-likeness (QED) is 0.550. The van der Waals surface area contributed by atoms with Crippen LogP contribution >= 0.6 is 23.8 Å². The second-order valence-electron chi connectivity index (χ2n) is 5.46. The molecule has 0 heterocycles. The van der Waals surface area contributed by atoms with E-state index in [-0.39, 0.29) is 11.7 Å². The van der Waals surface area contributed by atoms with Crippen molar-refractivity contribution in [2.24, 2.45) is 0 Å². The standard InChI is InChI=1S/C18H17ClN4O2S/c1-11-7-12(2)17(14(19)8-11)21-18(26)23-22-16(24)10-25-15-6-4-3-5-13(15)9-20/h3-8H,10H2,1-2H3,(H,22,24)(H2,21,23,26). The Balaban J connectivity index is 1.84. The van der Waals surface area contributed by atoms with Gasteiger partial charge >= 0.3 is 0 Å². The van der Waals surface area contributed by atoms with Gasteiger partial charge in [0.2, 0.25) is 0 Å². The number of hydrazine groups is 1. The zero-order valence-electron chi connectivity index (χ0n) is 14.2. The Morgan fingerprint density at radius 3 is 2.69 bits per heavy atom. The topological polar surface area (TPSA) is 86.2 Å². The summed E-state index contributed by atoms with van der Waals surface area (Å²) in [4.78, 5) is 11.9. The van der Waals surface area contributed by atoms with Crippen molar-refractivity contribution < 1.29 is 9.53 Å². The minimum absolute atomic E-state index is 0.185. The number of thiocarbonyl (C=S) groups is 1. The van der Waals surface area contributed by atoms with Gasteiger partial charge in [-0.2, -0.15) is 5.26 Å². The minimum Gasteiger partial charge on any atom is -0.482 e. The predicted octanol–water partition coefficient (Wildman–Crippen LogP) is 3.23. The van der Waals surface area contributed by atoms with Gasteiger partial charge in [0.05, 0.1) is 16.3 Å². The number of aryl methyl sites for hydroxylation is 2. The summed E-state index contributed by atoms with van der Waals surface area (Å²) < 4.78 is 5.33. The number of anilines is 1. The van der Waals surface area contributed by atoms with Gasteiger partial charge in [0.1, 0.15) is 11.8 Å². The highest BCUT2D eigenvalue weighted by Gasteiger charge is 2.09. The Bertz CT molecular complexity index is 857. The predicted molar refractivity (Wildman–Crippen MR) is 105 cm³/mol. The van der Waals surface area contributed by atoms with Gasteiger partial charge in [0.25, 0.3) is 5.91 Å². The number of amides is 1. The number of rotatable bonds is 4. The van der Waals surface area contributed by atoms with Gasteiger partial charge in [-0.15, -0.1) is 0 Å². The molecule has 0 fully saturated rings. The zero-order valence-corrected chi connectivity index (χ0v) is 15.8. The fourth-order valence-electron chi connectivity index (χ4n) is 2.21. The molecule has 3 N–H and O–H groups in total. The second kappa shape index (κ2) is 9.04. The molecule has 26 heavy (non-hydrogen) atoms. The summed E-state index contributed by atoms with van der Waals surface area (Å²) in [6.07, 6.45) is 0. The third-order valence-electron chi connectivity index (χ3n) is 3.35. The fourth-order valence-corrected chi connectivity index (χ4v) is 2.73. The van der Waals surface area contributed by atoms with Crippen molar-refractivity contribution in [2.75, 3.05) is 11.9 Å². The molecule has 0 bridgehead atoms. The zero-order chi connectivity index (χ0) is 19.1. The van der Waals surface area contributed by atoms with E-state index in [1.807, 2.05) is 32.0 Å². The first-order valence-electron chi connectivity index (χ1n) is 7.65. The minimum atomic E-state index is -0.450. The maximum Gasteiger partial charge on any atom is 0.276 e. The average molecular weight is 389 g/mol. The summed E-state index contributed by atoms with van der Waals surface area (Å²) in [7, 11) is 0. The van der Waals surface area contributed by atoms with Crippen LogP contribution in [0.2, 0.25) is 5.02 Å². The first kappa shape index (κ1) is 19.5. The highest BCUT2D eigenvalue weighted by molar-refractivity contribution is 7.80. The van der Waals surface area contributed by atoms with Crippen molar-refractivity contribution in [3.05, 3.63) is 58.1 Å². The molecule has 0 radical (unpaired) electrons. The number of hydrogen-bond acceptors (Lipinski definition) is 4. The highest BCUT2D eigenvalue weighted by Crippen LogP contribution is 2.27. The molecular weight excluding hydrogens is 372 g/mol. The Kier molecular flexibility index (Phi) is 6.78. The summed E-state index contributed by atoms with van der Waals surface area (Å²) in [6.45, 7) is 3.59. The van der Waals surface area contributed by atoms with Crippen molar-refractivity contribution >= 4 is 40.5 Å². The van der Waals surface area contributed by atoms with E-state index >= 15 is 0 Å². The molecule has 0 unspecified atom stereocenters. The third kappa shape index (κ3) is 5.34. The van der Waals surface area contributed by atoms with Crippen molar-refractivity contribution in [1.29, 1.82) is 5.26 Å². The van der Waals surface area contributed by atoms with Gasteiger partial charge in [-0.05, 0) is 55.4 Å². The number of nitrogens with one attached hydrogen (secondary N) is 3. The molecule has 0 spiro atoms. The van der Waals surface area contributed by atoms with Crippen LogP contribution < -0.4 is 20.9 Å². The molecule has 6 nitrogen and oxygen atoms in total. The second-order valence-corrected chi connectivity index (χ2v) is 6.28. The molecule has 0 saturated carbocycles. The molecule has 0 saturated heterocycles. The lowest BCUT2D eigenvalue weighted by molar-refractivity contribution is -0.123. The number of nitriles is 1. The maximum atomic E-state index is 11.9. The summed E-state index contributed by atoms with van der Waals surface area (Å²) in [5.74, 6) is -0.110. The Morgan fingerprint density at radius 2 is 2.00 bits per heavy atom. The molecular formula is C18H17ClN4O2S. The lowest BCUT2D eigenvalue weighted by atomic mass is 10.1. The Morgan fingerprint density at radius 1 is 1.27 bits per heavy atom. The lowest BCUT2D eigenvalue weighted by Crippen LogP contribution is -2.45. The van der Waals surface area contributed by atoms with E-state index < -0.39 is 5.91 Å². The number of benzene rings is 2. The summed E-state index contributed by atoms with van der Waals surface area (Å²) in [5.41, 5.74) is 8.00. The first-order chi connectivity index (χ1) is 12.4.